The molecule has 0 atom stereocenters. The van der Waals surface area contributed by atoms with E-state index >= 15 is 0 Å². The van der Waals surface area contributed by atoms with Gasteiger partial charge in [0, 0.05) is 10.1 Å². The lowest BCUT2D eigenvalue weighted by molar-refractivity contribution is 0.319. The number of hydrogen-bond acceptors (Lipinski definition) is 2. The van der Waals surface area contributed by atoms with Gasteiger partial charge in [0.25, 0.3) is 0 Å². The fraction of sp³-hybridized carbons (Fsp3) is 0.333. The minimum atomic E-state index is 0.774. The summed E-state index contributed by atoms with van der Waals surface area (Å²) < 4.78 is 6.57. The molecule has 66 valence electrons. The van der Waals surface area contributed by atoms with E-state index in [2.05, 4.69) is 22.6 Å². The molecular formula is C9H12INO. The van der Waals surface area contributed by atoms with Crippen LogP contribution in [0.4, 0.5) is 5.69 Å². The van der Waals surface area contributed by atoms with Crippen molar-refractivity contribution >= 4 is 28.3 Å². The standard InChI is InChI=1S/C9H12INO/c10-6-1-7-12-9-4-2-8(11)3-5-9/h2-5H,1,6-7,11H2. The molecule has 0 aromatic heterocycles. The highest BCUT2D eigenvalue weighted by molar-refractivity contribution is 14.1. The van der Waals surface area contributed by atoms with Gasteiger partial charge in [0.1, 0.15) is 5.75 Å². The topological polar surface area (TPSA) is 35.2 Å². The fourth-order valence-corrected chi connectivity index (χ4v) is 1.12. The third kappa shape index (κ3) is 3.30. The molecule has 0 radical (unpaired) electrons. The third-order valence-electron chi connectivity index (χ3n) is 1.43. The average Bonchev–Trinajstić information content (AvgIpc) is 2.09. The molecule has 1 aromatic rings. The molecule has 0 saturated carbocycles. The van der Waals surface area contributed by atoms with Gasteiger partial charge in [0.15, 0.2) is 0 Å². The molecule has 0 fully saturated rings. The Morgan fingerprint density at radius 1 is 1.25 bits per heavy atom. The Balaban J connectivity index is 2.37. The Kier molecular flexibility index (Phi) is 4.21. The second-order valence-corrected chi connectivity index (χ2v) is 3.54. The number of nitrogen functional groups attached to an aromatic ring is 1. The van der Waals surface area contributed by atoms with Gasteiger partial charge in [0.05, 0.1) is 6.61 Å². The number of benzene rings is 1. The maximum atomic E-state index is 5.52. The van der Waals surface area contributed by atoms with E-state index in [0.29, 0.717) is 0 Å². The molecule has 2 nitrogen and oxygen atoms in total. The van der Waals surface area contributed by atoms with Crippen LogP contribution in [0.5, 0.6) is 5.75 Å². The maximum absolute atomic E-state index is 5.52. The van der Waals surface area contributed by atoms with E-state index in [0.717, 1.165) is 28.9 Å². The van der Waals surface area contributed by atoms with Crippen molar-refractivity contribution in [1.29, 1.82) is 0 Å². The number of alkyl halides is 1. The van der Waals surface area contributed by atoms with Gasteiger partial charge in [-0.1, -0.05) is 22.6 Å². The summed E-state index contributed by atoms with van der Waals surface area (Å²) in [4.78, 5) is 0. The van der Waals surface area contributed by atoms with Crippen molar-refractivity contribution in [3.63, 3.8) is 0 Å². The first kappa shape index (κ1) is 9.64. The zero-order valence-corrected chi connectivity index (χ0v) is 8.95. The predicted molar refractivity (Wildman–Crippen MR) is 59.9 cm³/mol. The molecule has 2 N–H and O–H groups in total. The second kappa shape index (κ2) is 5.24. The largest absolute Gasteiger partial charge is 0.494 e. The number of halogens is 1. The van der Waals surface area contributed by atoms with E-state index in [9.17, 15) is 0 Å². The van der Waals surface area contributed by atoms with Crippen molar-refractivity contribution in [3.8, 4) is 5.75 Å². The molecule has 0 heterocycles. The average molecular weight is 277 g/mol. The summed E-state index contributed by atoms with van der Waals surface area (Å²) in [5.41, 5.74) is 6.30. The molecule has 0 aliphatic rings. The van der Waals surface area contributed by atoms with E-state index in [4.69, 9.17) is 10.5 Å². The van der Waals surface area contributed by atoms with Gasteiger partial charge < -0.3 is 10.5 Å². The maximum Gasteiger partial charge on any atom is 0.119 e. The highest BCUT2D eigenvalue weighted by Gasteiger charge is 1.91. The van der Waals surface area contributed by atoms with E-state index in [1.165, 1.54) is 0 Å². The van der Waals surface area contributed by atoms with Crippen LogP contribution < -0.4 is 10.5 Å². The lowest BCUT2D eigenvalue weighted by Gasteiger charge is -2.04. The Morgan fingerprint density at radius 2 is 1.92 bits per heavy atom. The number of anilines is 1. The number of ether oxygens (including phenoxy) is 1. The molecule has 0 unspecified atom stereocenters. The smallest absolute Gasteiger partial charge is 0.119 e. The van der Waals surface area contributed by atoms with Crippen LogP contribution in [-0.2, 0) is 0 Å². The fourth-order valence-electron chi connectivity index (χ4n) is 0.809. The summed E-state index contributed by atoms with van der Waals surface area (Å²) in [6, 6.07) is 7.48. The van der Waals surface area contributed by atoms with Gasteiger partial charge in [-0.05, 0) is 30.7 Å². The molecule has 1 rings (SSSR count). The van der Waals surface area contributed by atoms with Crippen LogP contribution in [0.1, 0.15) is 6.42 Å². The summed E-state index contributed by atoms with van der Waals surface area (Å²) >= 11 is 2.34. The minimum absolute atomic E-state index is 0.774. The highest BCUT2D eigenvalue weighted by Crippen LogP contribution is 2.13. The molecule has 12 heavy (non-hydrogen) atoms. The van der Waals surface area contributed by atoms with Gasteiger partial charge >= 0.3 is 0 Å². The van der Waals surface area contributed by atoms with E-state index in [1.807, 2.05) is 24.3 Å². The molecular weight excluding hydrogens is 265 g/mol. The van der Waals surface area contributed by atoms with Crippen LogP contribution in [0.25, 0.3) is 0 Å². The quantitative estimate of drug-likeness (QED) is 0.397. The van der Waals surface area contributed by atoms with Crippen molar-refractivity contribution < 1.29 is 4.74 Å². The van der Waals surface area contributed by atoms with Crippen molar-refractivity contribution in [2.75, 3.05) is 16.8 Å². The monoisotopic (exact) mass is 277 g/mol. The van der Waals surface area contributed by atoms with E-state index < -0.39 is 0 Å². The highest BCUT2D eigenvalue weighted by atomic mass is 127. The van der Waals surface area contributed by atoms with Gasteiger partial charge in [0.2, 0.25) is 0 Å². The first-order valence-electron chi connectivity index (χ1n) is 3.87. The van der Waals surface area contributed by atoms with Crippen molar-refractivity contribution in [2.24, 2.45) is 0 Å². The number of nitrogens with two attached hydrogens (primary N) is 1. The molecule has 0 bridgehead atoms. The van der Waals surface area contributed by atoms with Crippen molar-refractivity contribution in [1.82, 2.24) is 0 Å². The summed E-state index contributed by atoms with van der Waals surface area (Å²) in [6.07, 6.45) is 1.09. The molecule has 0 amide bonds. The zero-order valence-electron chi connectivity index (χ0n) is 6.79. The first-order valence-corrected chi connectivity index (χ1v) is 5.40. The van der Waals surface area contributed by atoms with Gasteiger partial charge in [-0.3, -0.25) is 0 Å². The molecule has 0 aliphatic heterocycles. The third-order valence-corrected chi connectivity index (χ3v) is 2.19. The Hall–Kier alpha value is -0.450. The minimum Gasteiger partial charge on any atom is -0.494 e. The normalized spacial score (nSPS) is 9.75. The molecule has 1 aromatic carbocycles. The summed E-state index contributed by atoms with van der Waals surface area (Å²) in [6.45, 7) is 0.785. The lowest BCUT2D eigenvalue weighted by atomic mass is 10.3. The van der Waals surface area contributed by atoms with E-state index in [1.54, 1.807) is 0 Å². The van der Waals surface area contributed by atoms with Crippen LogP contribution in [-0.4, -0.2) is 11.0 Å². The summed E-state index contributed by atoms with van der Waals surface area (Å²) in [7, 11) is 0. The number of rotatable bonds is 4. The predicted octanol–water partition coefficient (Wildman–Crippen LogP) is 2.47. The number of hydrogen-bond donors (Lipinski definition) is 1. The van der Waals surface area contributed by atoms with Crippen molar-refractivity contribution in [2.45, 2.75) is 6.42 Å². The Bertz CT molecular complexity index is 222. The van der Waals surface area contributed by atoms with Gasteiger partial charge in [-0.25, -0.2) is 0 Å². The van der Waals surface area contributed by atoms with Crippen LogP contribution in [0.2, 0.25) is 0 Å². The van der Waals surface area contributed by atoms with Crippen LogP contribution in [0.3, 0.4) is 0 Å². The summed E-state index contributed by atoms with van der Waals surface area (Å²) in [5, 5.41) is 0. The van der Waals surface area contributed by atoms with Crippen LogP contribution in [0.15, 0.2) is 24.3 Å². The molecule has 0 aliphatic carbocycles. The zero-order chi connectivity index (χ0) is 8.81. The molecule has 0 saturated heterocycles. The van der Waals surface area contributed by atoms with Crippen LogP contribution >= 0.6 is 22.6 Å². The molecule has 0 spiro atoms. The first-order chi connectivity index (χ1) is 5.83. The summed E-state index contributed by atoms with van der Waals surface area (Å²) in [5.74, 6) is 0.897. The Morgan fingerprint density at radius 3 is 2.50 bits per heavy atom. The van der Waals surface area contributed by atoms with Crippen LogP contribution in [0, 0.1) is 0 Å². The van der Waals surface area contributed by atoms with E-state index in [-0.39, 0.29) is 0 Å². The second-order valence-electron chi connectivity index (χ2n) is 2.46. The lowest BCUT2D eigenvalue weighted by Crippen LogP contribution is -1.97. The molecule has 3 heteroatoms. The van der Waals surface area contributed by atoms with Gasteiger partial charge in [-0.2, -0.15) is 0 Å². The van der Waals surface area contributed by atoms with Gasteiger partial charge in [-0.15, -0.1) is 0 Å². The van der Waals surface area contributed by atoms with Crippen molar-refractivity contribution in [3.05, 3.63) is 24.3 Å². The SMILES string of the molecule is Nc1ccc(OCCCI)cc1. The Labute approximate surface area is 86.2 Å².